The van der Waals surface area contributed by atoms with Crippen molar-refractivity contribution in [3.05, 3.63) is 29.3 Å². The molecule has 1 saturated heterocycles. The lowest BCUT2D eigenvalue weighted by Crippen LogP contribution is -2.24. The molecule has 0 amide bonds. The van der Waals surface area contributed by atoms with Crippen LogP contribution in [0.4, 0.5) is 4.39 Å². The Morgan fingerprint density at radius 1 is 1.47 bits per heavy atom. The topological polar surface area (TPSA) is 21.3 Å². The van der Waals surface area contributed by atoms with Gasteiger partial charge in [0.1, 0.15) is 5.75 Å². The van der Waals surface area contributed by atoms with E-state index in [4.69, 9.17) is 4.74 Å². The van der Waals surface area contributed by atoms with E-state index >= 15 is 0 Å². The quantitative estimate of drug-likeness (QED) is 0.806. The van der Waals surface area contributed by atoms with Gasteiger partial charge in [0, 0.05) is 12.1 Å². The Labute approximate surface area is 89.4 Å². The van der Waals surface area contributed by atoms with Gasteiger partial charge in [-0.1, -0.05) is 11.6 Å². The number of aryl methyl sites for hydroxylation is 1. The van der Waals surface area contributed by atoms with Crippen LogP contribution in [-0.2, 0) is 5.67 Å². The van der Waals surface area contributed by atoms with E-state index in [2.05, 4.69) is 5.32 Å². The van der Waals surface area contributed by atoms with Crippen LogP contribution in [0, 0.1) is 6.92 Å². The predicted octanol–water partition coefficient (Wildman–Crippen LogP) is 2.16. The summed E-state index contributed by atoms with van der Waals surface area (Å²) in [6.07, 6.45) is 0.521. The number of benzene rings is 1. The van der Waals surface area contributed by atoms with Gasteiger partial charge >= 0.3 is 0 Å². The van der Waals surface area contributed by atoms with E-state index in [1.807, 2.05) is 25.1 Å². The number of rotatable bonds is 2. The van der Waals surface area contributed by atoms with E-state index in [-0.39, 0.29) is 0 Å². The third-order valence-electron chi connectivity index (χ3n) is 2.94. The van der Waals surface area contributed by atoms with E-state index < -0.39 is 5.67 Å². The van der Waals surface area contributed by atoms with Crippen molar-refractivity contribution in [3.63, 3.8) is 0 Å². The van der Waals surface area contributed by atoms with Gasteiger partial charge in [0.2, 0.25) is 0 Å². The summed E-state index contributed by atoms with van der Waals surface area (Å²) >= 11 is 0. The van der Waals surface area contributed by atoms with Gasteiger partial charge in [-0.15, -0.1) is 0 Å². The van der Waals surface area contributed by atoms with E-state index in [1.165, 1.54) is 0 Å². The molecule has 1 atom stereocenters. The van der Waals surface area contributed by atoms with Gasteiger partial charge in [0.15, 0.2) is 5.67 Å². The van der Waals surface area contributed by atoms with Crippen LogP contribution in [0.5, 0.6) is 5.75 Å². The predicted molar refractivity (Wildman–Crippen MR) is 58.0 cm³/mol. The SMILES string of the molecule is COc1ccc(C)cc1C1(F)CCNC1. The smallest absolute Gasteiger partial charge is 0.153 e. The first kappa shape index (κ1) is 10.4. The van der Waals surface area contributed by atoms with Crippen LogP contribution in [0.1, 0.15) is 17.5 Å². The Hall–Kier alpha value is -1.09. The lowest BCUT2D eigenvalue weighted by Gasteiger charge is -2.21. The zero-order chi connectivity index (χ0) is 10.9. The molecule has 0 bridgehead atoms. The first-order valence-corrected chi connectivity index (χ1v) is 5.20. The Bertz CT molecular complexity index is 359. The van der Waals surface area contributed by atoms with Crippen molar-refractivity contribution in [2.24, 2.45) is 0 Å². The van der Waals surface area contributed by atoms with Crippen LogP contribution in [0.3, 0.4) is 0 Å². The van der Waals surface area contributed by atoms with Crippen LogP contribution in [0.15, 0.2) is 18.2 Å². The molecule has 0 saturated carbocycles. The van der Waals surface area contributed by atoms with Crippen LogP contribution < -0.4 is 10.1 Å². The lowest BCUT2D eigenvalue weighted by molar-refractivity contribution is 0.186. The van der Waals surface area contributed by atoms with Crippen molar-refractivity contribution >= 4 is 0 Å². The minimum atomic E-state index is -1.27. The van der Waals surface area contributed by atoms with E-state index in [1.54, 1.807) is 7.11 Å². The molecular weight excluding hydrogens is 193 g/mol. The molecular formula is C12H16FNO. The number of nitrogens with one attached hydrogen (secondary N) is 1. The van der Waals surface area contributed by atoms with Crippen molar-refractivity contribution < 1.29 is 9.13 Å². The van der Waals surface area contributed by atoms with E-state index in [0.29, 0.717) is 24.3 Å². The fourth-order valence-electron chi connectivity index (χ4n) is 2.06. The highest BCUT2D eigenvalue weighted by atomic mass is 19.1. The molecule has 2 rings (SSSR count). The zero-order valence-electron chi connectivity index (χ0n) is 9.14. The molecule has 1 aliphatic rings. The summed E-state index contributed by atoms with van der Waals surface area (Å²) in [6.45, 7) is 3.08. The number of methoxy groups -OCH3 is 1. The number of ether oxygens (including phenoxy) is 1. The molecule has 0 radical (unpaired) electrons. The van der Waals surface area contributed by atoms with Crippen molar-refractivity contribution in [2.75, 3.05) is 20.2 Å². The normalized spacial score (nSPS) is 25.5. The number of alkyl halides is 1. The standard InChI is InChI=1S/C12H16FNO/c1-9-3-4-11(15-2)10(7-9)12(13)5-6-14-8-12/h3-4,7,14H,5-6,8H2,1-2H3. The third-order valence-corrected chi connectivity index (χ3v) is 2.94. The summed E-state index contributed by atoms with van der Waals surface area (Å²) in [5.41, 5.74) is 0.474. The van der Waals surface area contributed by atoms with Gasteiger partial charge in [0.25, 0.3) is 0 Å². The fraction of sp³-hybridized carbons (Fsp3) is 0.500. The van der Waals surface area contributed by atoms with Gasteiger partial charge in [-0.05, 0) is 32.0 Å². The molecule has 15 heavy (non-hydrogen) atoms. The maximum absolute atomic E-state index is 14.5. The Morgan fingerprint density at radius 2 is 2.27 bits per heavy atom. The van der Waals surface area contributed by atoms with Crippen molar-refractivity contribution in [1.29, 1.82) is 0 Å². The summed E-state index contributed by atoms with van der Waals surface area (Å²) in [5.74, 6) is 0.645. The molecule has 1 N–H and O–H groups in total. The van der Waals surface area contributed by atoms with Crippen molar-refractivity contribution in [2.45, 2.75) is 19.0 Å². The highest BCUT2D eigenvalue weighted by Gasteiger charge is 2.37. The molecule has 2 nitrogen and oxygen atoms in total. The summed E-state index contributed by atoms with van der Waals surface area (Å²) < 4.78 is 19.7. The van der Waals surface area contributed by atoms with Crippen molar-refractivity contribution in [1.82, 2.24) is 5.32 Å². The molecule has 1 aliphatic heterocycles. The van der Waals surface area contributed by atoms with Crippen LogP contribution in [0.25, 0.3) is 0 Å². The third kappa shape index (κ3) is 1.84. The zero-order valence-corrected chi connectivity index (χ0v) is 9.14. The first-order chi connectivity index (χ1) is 7.15. The fourth-order valence-corrected chi connectivity index (χ4v) is 2.06. The second-order valence-corrected chi connectivity index (χ2v) is 4.10. The maximum Gasteiger partial charge on any atom is 0.153 e. The number of hydrogen-bond acceptors (Lipinski definition) is 2. The van der Waals surface area contributed by atoms with Crippen LogP contribution in [-0.4, -0.2) is 20.2 Å². The van der Waals surface area contributed by atoms with Gasteiger partial charge in [0.05, 0.1) is 7.11 Å². The second-order valence-electron chi connectivity index (χ2n) is 4.10. The molecule has 1 heterocycles. The second kappa shape index (κ2) is 3.81. The van der Waals surface area contributed by atoms with Gasteiger partial charge in [-0.25, -0.2) is 4.39 Å². The average molecular weight is 209 g/mol. The van der Waals surface area contributed by atoms with Gasteiger partial charge in [-0.3, -0.25) is 0 Å². The molecule has 3 heteroatoms. The molecule has 82 valence electrons. The average Bonchev–Trinajstić information content (AvgIpc) is 2.66. The molecule has 0 aromatic heterocycles. The summed E-state index contributed by atoms with van der Waals surface area (Å²) in [4.78, 5) is 0. The van der Waals surface area contributed by atoms with Crippen LogP contribution >= 0.6 is 0 Å². The summed E-state index contributed by atoms with van der Waals surface area (Å²) in [6, 6.07) is 5.66. The Balaban J connectivity index is 2.44. The maximum atomic E-state index is 14.5. The monoisotopic (exact) mass is 209 g/mol. The highest BCUT2D eigenvalue weighted by molar-refractivity contribution is 5.41. The number of hydrogen-bond donors (Lipinski definition) is 1. The first-order valence-electron chi connectivity index (χ1n) is 5.20. The molecule has 1 aromatic rings. The molecule has 1 unspecified atom stereocenters. The van der Waals surface area contributed by atoms with E-state index in [9.17, 15) is 4.39 Å². The highest BCUT2D eigenvalue weighted by Crippen LogP contribution is 2.38. The van der Waals surface area contributed by atoms with Gasteiger partial charge < -0.3 is 10.1 Å². The lowest BCUT2D eigenvalue weighted by atomic mass is 9.93. The number of halogens is 1. The summed E-state index contributed by atoms with van der Waals surface area (Å²) in [7, 11) is 1.58. The molecule has 0 spiro atoms. The molecule has 1 aromatic carbocycles. The Morgan fingerprint density at radius 3 is 2.87 bits per heavy atom. The summed E-state index contributed by atoms with van der Waals surface area (Å²) in [5, 5.41) is 3.05. The molecule has 0 aliphatic carbocycles. The van der Waals surface area contributed by atoms with Gasteiger partial charge in [-0.2, -0.15) is 0 Å². The minimum Gasteiger partial charge on any atom is -0.496 e. The van der Waals surface area contributed by atoms with E-state index in [0.717, 1.165) is 12.1 Å². The van der Waals surface area contributed by atoms with Crippen LogP contribution in [0.2, 0.25) is 0 Å². The molecule has 1 fully saturated rings. The minimum absolute atomic E-state index is 0.382. The Kier molecular flexibility index (Phi) is 2.65. The van der Waals surface area contributed by atoms with Crippen molar-refractivity contribution in [3.8, 4) is 5.75 Å². The largest absolute Gasteiger partial charge is 0.496 e.